The molecule has 1 amide bonds. The maximum Gasteiger partial charge on any atom is 0.277 e. The summed E-state index contributed by atoms with van der Waals surface area (Å²) in [6, 6.07) is 16.1. The Morgan fingerprint density at radius 1 is 1.07 bits per heavy atom. The highest BCUT2D eigenvalue weighted by molar-refractivity contribution is 6.31. The van der Waals surface area contributed by atoms with Gasteiger partial charge in [-0.05, 0) is 33.6 Å². The molecule has 2 aromatic carbocycles. The van der Waals surface area contributed by atoms with E-state index in [-0.39, 0.29) is 11.5 Å². The van der Waals surface area contributed by atoms with E-state index in [9.17, 15) is 4.79 Å². The second-order valence-electron chi connectivity index (χ2n) is 6.82. The van der Waals surface area contributed by atoms with Gasteiger partial charge in [0, 0.05) is 48.3 Å². The lowest BCUT2D eigenvalue weighted by atomic mass is 10.2. The molecule has 0 saturated heterocycles. The minimum Gasteiger partial charge on any atom is -0.379 e. The summed E-state index contributed by atoms with van der Waals surface area (Å²) in [5, 5.41) is 14.9. The van der Waals surface area contributed by atoms with E-state index in [0.29, 0.717) is 26.2 Å². The first-order valence-corrected chi connectivity index (χ1v) is 9.88. The summed E-state index contributed by atoms with van der Waals surface area (Å²) in [6.45, 7) is 2.37. The molecule has 0 atom stereocenters. The number of anilines is 1. The first-order chi connectivity index (χ1) is 14.6. The Morgan fingerprint density at radius 2 is 1.87 bits per heavy atom. The zero-order valence-corrected chi connectivity index (χ0v) is 16.9. The van der Waals surface area contributed by atoms with Gasteiger partial charge in [-0.2, -0.15) is 0 Å². The van der Waals surface area contributed by atoms with Crippen molar-refractivity contribution in [2.45, 2.75) is 13.1 Å². The molecule has 0 bridgehead atoms. The topological polar surface area (TPSA) is 111 Å². The van der Waals surface area contributed by atoms with E-state index >= 15 is 0 Å². The van der Waals surface area contributed by atoms with Gasteiger partial charge in [0.25, 0.3) is 5.91 Å². The van der Waals surface area contributed by atoms with Gasteiger partial charge < -0.3 is 20.9 Å². The van der Waals surface area contributed by atoms with E-state index in [1.54, 1.807) is 0 Å². The van der Waals surface area contributed by atoms with Gasteiger partial charge in [0.05, 0.1) is 0 Å². The molecule has 2 heterocycles. The zero-order chi connectivity index (χ0) is 20.9. The Labute approximate surface area is 178 Å². The molecule has 0 radical (unpaired) electrons. The Hall–Kier alpha value is -3.36. The molecular weight excluding hydrogens is 404 g/mol. The maximum absolute atomic E-state index is 11.9. The fraction of sp³-hybridized carbons (Fsp3) is 0.190. The minimum absolute atomic E-state index is 0.00218. The average molecular weight is 425 g/mol. The second kappa shape index (κ2) is 8.98. The van der Waals surface area contributed by atoms with Crippen LogP contribution in [0.4, 0.5) is 5.82 Å². The Kier molecular flexibility index (Phi) is 5.97. The number of hydrogen-bond acceptors (Lipinski definition) is 6. The first-order valence-electron chi connectivity index (χ1n) is 9.50. The fourth-order valence-electron chi connectivity index (χ4n) is 3.33. The van der Waals surface area contributed by atoms with Crippen LogP contribution in [0.3, 0.4) is 0 Å². The van der Waals surface area contributed by atoms with Gasteiger partial charge in [0.1, 0.15) is 0 Å². The Morgan fingerprint density at radius 3 is 2.67 bits per heavy atom. The number of aromatic nitrogens is 3. The highest BCUT2D eigenvalue weighted by Crippen LogP contribution is 2.24. The Balaban J connectivity index is 1.38. The van der Waals surface area contributed by atoms with Crippen LogP contribution >= 0.6 is 11.6 Å². The molecule has 0 spiro atoms. The summed E-state index contributed by atoms with van der Waals surface area (Å²) in [7, 11) is 0. The third-order valence-corrected chi connectivity index (χ3v) is 5.17. The number of rotatable bonds is 8. The van der Waals surface area contributed by atoms with Crippen LogP contribution in [0.1, 0.15) is 21.6 Å². The van der Waals surface area contributed by atoms with Gasteiger partial charge in [0.15, 0.2) is 0 Å². The molecule has 4 aromatic rings. The standard InChI is InChI=1S/C21H21ClN6O2/c22-17-7-3-1-5-14(17)12-28-13-15(16-6-2-4-8-18(16)28)11-24-9-10-25-21(29)19-20(23)27-30-26-19/h1-8,13,24H,9-12H2,(H2,23,27)(H,25,29). The molecule has 2 aromatic heterocycles. The molecule has 0 unspecified atom stereocenters. The number of halogens is 1. The molecule has 4 N–H and O–H groups in total. The van der Waals surface area contributed by atoms with Crippen LogP contribution in [0.2, 0.25) is 5.02 Å². The van der Waals surface area contributed by atoms with Crippen LogP contribution in [0.5, 0.6) is 0 Å². The van der Waals surface area contributed by atoms with E-state index < -0.39 is 5.91 Å². The highest BCUT2D eigenvalue weighted by atomic mass is 35.5. The van der Waals surface area contributed by atoms with E-state index in [4.69, 9.17) is 17.3 Å². The van der Waals surface area contributed by atoms with Gasteiger partial charge >= 0.3 is 0 Å². The van der Waals surface area contributed by atoms with Gasteiger partial charge in [-0.1, -0.05) is 48.0 Å². The largest absolute Gasteiger partial charge is 0.379 e. The molecule has 4 rings (SSSR count). The SMILES string of the molecule is Nc1nonc1C(=O)NCCNCc1cn(Cc2ccccc2Cl)c2ccccc12. The number of fused-ring (bicyclic) bond motifs is 1. The lowest BCUT2D eigenvalue weighted by molar-refractivity contribution is 0.0944. The van der Waals surface area contributed by atoms with E-state index in [1.807, 2.05) is 36.4 Å². The van der Waals surface area contributed by atoms with Crippen molar-refractivity contribution in [3.8, 4) is 0 Å². The van der Waals surface area contributed by atoms with Gasteiger partial charge in [-0.3, -0.25) is 4.79 Å². The third-order valence-electron chi connectivity index (χ3n) is 4.80. The van der Waals surface area contributed by atoms with Gasteiger partial charge in [0.2, 0.25) is 11.5 Å². The molecule has 154 valence electrons. The number of carbonyl (C=O) groups excluding carboxylic acids is 1. The van der Waals surface area contributed by atoms with Crippen molar-refractivity contribution in [1.82, 2.24) is 25.5 Å². The average Bonchev–Trinajstić information content (AvgIpc) is 3.33. The molecule has 30 heavy (non-hydrogen) atoms. The number of carbonyl (C=O) groups is 1. The smallest absolute Gasteiger partial charge is 0.277 e. The lowest BCUT2D eigenvalue weighted by Crippen LogP contribution is -2.32. The van der Waals surface area contributed by atoms with Crippen molar-refractivity contribution in [1.29, 1.82) is 0 Å². The van der Waals surface area contributed by atoms with E-state index in [1.165, 1.54) is 10.9 Å². The normalized spacial score (nSPS) is 11.1. The number of nitrogens with two attached hydrogens (primary N) is 1. The quantitative estimate of drug-likeness (QED) is 0.375. The van der Waals surface area contributed by atoms with E-state index in [0.717, 1.165) is 16.1 Å². The van der Waals surface area contributed by atoms with Crippen LogP contribution in [0.25, 0.3) is 10.9 Å². The van der Waals surface area contributed by atoms with Crippen molar-refractivity contribution in [3.05, 3.63) is 76.6 Å². The summed E-state index contributed by atoms with van der Waals surface area (Å²) in [5.74, 6) is -0.432. The molecule has 9 heteroatoms. The van der Waals surface area contributed by atoms with Crippen molar-refractivity contribution >= 4 is 34.2 Å². The van der Waals surface area contributed by atoms with Crippen LogP contribution in [-0.4, -0.2) is 33.9 Å². The number of nitrogens with one attached hydrogen (secondary N) is 2. The minimum atomic E-state index is -0.410. The number of hydrogen-bond donors (Lipinski definition) is 3. The van der Waals surface area contributed by atoms with Crippen molar-refractivity contribution in [3.63, 3.8) is 0 Å². The maximum atomic E-state index is 11.9. The van der Waals surface area contributed by atoms with E-state index in [2.05, 4.69) is 48.5 Å². The predicted octanol–water partition coefficient (Wildman–Crippen LogP) is 2.83. The molecule has 8 nitrogen and oxygen atoms in total. The molecule has 0 fully saturated rings. The number of amides is 1. The summed E-state index contributed by atoms with van der Waals surface area (Å²) < 4.78 is 6.64. The number of benzene rings is 2. The first kappa shape index (κ1) is 19.9. The predicted molar refractivity (Wildman–Crippen MR) is 115 cm³/mol. The number of para-hydroxylation sites is 1. The lowest BCUT2D eigenvalue weighted by Gasteiger charge is -2.07. The van der Waals surface area contributed by atoms with Crippen LogP contribution in [-0.2, 0) is 13.1 Å². The second-order valence-corrected chi connectivity index (χ2v) is 7.23. The van der Waals surface area contributed by atoms with Crippen molar-refractivity contribution < 1.29 is 9.42 Å². The summed E-state index contributed by atoms with van der Waals surface area (Å²) in [4.78, 5) is 11.9. The van der Waals surface area contributed by atoms with Crippen LogP contribution < -0.4 is 16.4 Å². The molecule has 0 aliphatic heterocycles. The van der Waals surface area contributed by atoms with Crippen molar-refractivity contribution in [2.75, 3.05) is 18.8 Å². The van der Waals surface area contributed by atoms with Gasteiger partial charge in [-0.25, -0.2) is 4.63 Å². The molecular formula is C21H21ClN6O2. The number of nitrogens with zero attached hydrogens (tertiary/aromatic N) is 3. The molecule has 0 aliphatic rings. The molecule has 0 aliphatic carbocycles. The summed E-state index contributed by atoms with van der Waals surface area (Å²) in [6.07, 6.45) is 2.14. The fourth-order valence-corrected chi connectivity index (χ4v) is 3.52. The zero-order valence-electron chi connectivity index (χ0n) is 16.1. The van der Waals surface area contributed by atoms with Crippen molar-refractivity contribution in [2.24, 2.45) is 0 Å². The highest BCUT2D eigenvalue weighted by Gasteiger charge is 2.15. The third kappa shape index (κ3) is 4.29. The van der Waals surface area contributed by atoms with Crippen LogP contribution in [0, 0.1) is 0 Å². The number of nitrogen functional groups attached to an aromatic ring is 1. The summed E-state index contributed by atoms with van der Waals surface area (Å²) in [5.41, 5.74) is 8.91. The van der Waals surface area contributed by atoms with Crippen LogP contribution in [0.15, 0.2) is 59.4 Å². The van der Waals surface area contributed by atoms with Gasteiger partial charge in [-0.15, -0.1) is 0 Å². The Bertz CT molecular complexity index is 1170. The monoisotopic (exact) mass is 424 g/mol. The summed E-state index contributed by atoms with van der Waals surface area (Å²) >= 11 is 6.34. The molecule has 0 saturated carbocycles.